The summed E-state index contributed by atoms with van der Waals surface area (Å²) in [5.74, 6) is -0.878. The highest BCUT2D eigenvalue weighted by atomic mass is 28.4. The van der Waals surface area contributed by atoms with Crippen LogP contribution in [0, 0.1) is 0 Å². The number of nitrogens with one attached hydrogen (secondary N) is 1. The summed E-state index contributed by atoms with van der Waals surface area (Å²) in [6, 6.07) is -0.709. The zero-order chi connectivity index (χ0) is 28.3. The Balaban J connectivity index is 2.58. The lowest BCUT2D eigenvalue weighted by Crippen LogP contribution is -2.46. The molecule has 0 aliphatic carbocycles. The normalized spacial score (nSPS) is 14.4. The van der Waals surface area contributed by atoms with Crippen LogP contribution in [0.3, 0.4) is 0 Å². The summed E-state index contributed by atoms with van der Waals surface area (Å²) >= 11 is 0. The van der Waals surface area contributed by atoms with Gasteiger partial charge >= 0.3 is 5.97 Å². The van der Waals surface area contributed by atoms with Gasteiger partial charge in [-0.25, -0.2) is 4.98 Å². The first kappa shape index (κ1) is 33.9. The van der Waals surface area contributed by atoms with Gasteiger partial charge in [0, 0.05) is 31.4 Å². The molecule has 216 valence electrons. The minimum atomic E-state index is -1.81. The van der Waals surface area contributed by atoms with E-state index in [-0.39, 0.29) is 10.1 Å². The molecule has 0 spiro atoms. The summed E-state index contributed by atoms with van der Waals surface area (Å²) in [5.41, 5.74) is 0.782. The number of ether oxygens (including phenoxy) is 2. The summed E-state index contributed by atoms with van der Waals surface area (Å²) < 4.78 is 24.0. The largest absolute Gasteiger partial charge is 0.480 e. The van der Waals surface area contributed by atoms with E-state index in [1.807, 2.05) is 4.90 Å². The molecular weight excluding hydrogens is 506 g/mol. The quantitative estimate of drug-likeness (QED) is 0.195. The third-order valence-corrected chi connectivity index (χ3v) is 16.8. The summed E-state index contributed by atoms with van der Waals surface area (Å²) in [7, 11) is -3.62. The summed E-state index contributed by atoms with van der Waals surface area (Å²) in [4.78, 5) is 21.1. The van der Waals surface area contributed by atoms with Crippen LogP contribution < -0.4 is 0 Å². The first-order chi connectivity index (χ1) is 17.0. The van der Waals surface area contributed by atoms with Crippen LogP contribution in [0.4, 0.5) is 0 Å². The average Bonchev–Trinajstić information content (AvgIpc) is 3.27. The van der Waals surface area contributed by atoms with Gasteiger partial charge in [0.05, 0.1) is 46.0 Å². The van der Waals surface area contributed by atoms with Crippen molar-refractivity contribution in [2.24, 2.45) is 0 Å². The molecule has 11 heteroatoms. The number of aliphatic carboxylic acids is 1. The highest BCUT2D eigenvalue weighted by molar-refractivity contribution is 6.74. The molecule has 1 aromatic rings. The molecule has 2 N–H and O–H groups in total. The van der Waals surface area contributed by atoms with Gasteiger partial charge in [0.25, 0.3) is 0 Å². The van der Waals surface area contributed by atoms with Crippen molar-refractivity contribution in [1.82, 2.24) is 14.9 Å². The number of rotatable bonds is 18. The van der Waals surface area contributed by atoms with Crippen LogP contribution in [-0.2, 0) is 29.5 Å². The fourth-order valence-electron chi connectivity index (χ4n) is 3.11. The predicted molar refractivity (Wildman–Crippen MR) is 153 cm³/mol. The Morgan fingerprint density at radius 1 is 0.892 bits per heavy atom. The van der Waals surface area contributed by atoms with Crippen molar-refractivity contribution < 1.29 is 28.2 Å². The van der Waals surface area contributed by atoms with Crippen LogP contribution in [0.25, 0.3) is 0 Å². The van der Waals surface area contributed by atoms with E-state index in [0.717, 1.165) is 5.69 Å². The maximum absolute atomic E-state index is 12.2. The van der Waals surface area contributed by atoms with Crippen LogP contribution in [0.1, 0.15) is 47.2 Å². The molecule has 1 heterocycles. The number of H-pyrrole nitrogens is 1. The minimum Gasteiger partial charge on any atom is -0.480 e. The van der Waals surface area contributed by atoms with E-state index in [9.17, 15) is 9.90 Å². The Kier molecular flexibility index (Phi) is 13.7. The van der Waals surface area contributed by atoms with Crippen molar-refractivity contribution in [1.29, 1.82) is 0 Å². The van der Waals surface area contributed by atoms with Gasteiger partial charge < -0.3 is 28.4 Å². The SMILES string of the molecule is CC(C)(C)[Si](C)(C)OCCOCCN(CCOCCO[Si](C)(C)C(C)(C)C)[C@@H](Cc1cnc[nH]1)C(=O)O. The number of aromatic nitrogens is 2. The standard InChI is InChI=1S/C26H53N3O6Si2/c1-25(2,3)36(7,8)34-17-15-32-13-11-29(23(24(30)31)19-22-20-27-21-28-22)12-14-33-16-18-35-37(9,10)26(4,5)6/h20-21,23H,11-19H2,1-10H3,(H,27,28)(H,30,31)/t23-/m0/s1. The lowest BCUT2D eigenvalue weighted by Gasteiger charge is -2.36. The van der Waals surface area contributed by atoms with E-state index in [2.05, 4.69) is 77.7 Å². The number of carbonyl (C=O) groups is 1. The zero-order valence-electron chi connectivity index (χ0n) is 25.0. The van der Waals surface area contributed by atoms with Crippen molar-refractivity contribution in [3.63, 3.8) is 0 Å². The predicted octanol–water partition coefficient (Wildman–Crippen LogP) is 4.78. The Morgan fingerprint density at radius 2 is 1.35 bits per heavy atom. The van der Waals surface area contributed by atoms with Gasteiger partial charge in [-0.1, -0.05) is 41.5 Å². The zero-order valence-corrected chi connectivity index (χ0v) is 27.0. The molecule has 0 aliphatic heterocycles. The number of carboxylic acids is 1. The smallest absolute Gasteiger partial charge is 0.321 e. The maximum atomic E-state index is 12.2. The Bertz CT molecular complexity index is 738. The van der Waals surface area contributed by atoms with Crippen molar-refractivity contribution >= 4 is 22.6 Å². The molecule has 0 unspecified atom stereocenters. The fourth-order valence-corrected chi connectivity index (χ4v) is 5.17. The second kappa shape index (κ2) is 14.9. The molecule has 37 heavy (non-hydrogen) atoms. The molecule has 0 aromatic carbocycles. The van der Waals surface area contributed by atoms with E-state index in [1.165, 1.54) is 0 Å². The highest BCUT2D eigenvalue weighted by Crippen LogP contribution is 2.37. The number of nitrogens with zero attached hydrogens (tertiary/aromatic N) is 2. The minimum absolute atomic E-state index is 0.154. The number of hydrogen-bond donors (Lipinski definition) is 2. The molecule has 1 aromatic heterocycles. The second-order valence-electron chi connectivity index (χ2n) is 12.6. The lowest BCUT2D eigenvalue weighted by atomic mass is 10.1. The molecule has 0 amide bonds. The fraction of sp³-hybridized carbons (Fsp3) is 0.846. The molecular formula is C26H53N3O6Si2. The third-order valence-electron chi connectivity index (χ3n) is 7.73. The number of aromatic amines is 1. The van der Waals surface area contributed by atoms with Crippen molar-refractivity contribution in [3.8, 4) is 0 Å². The average molecular weight is 560 g/mol. The van der Waals surface area contributed by atoms with Gasteiger partial charge in [-0.15, -0.1) is 0 Å². The van der Waals surface area contributed by atoms with Crippen LogP contribution in [0.15, 0.2) is 12.5 Å². The van der Waals surface area contributed by atoms with Crippen molar-refractivity contribution in [2.75, 3.05) is 52.7 Å². The van der Waals surface area contributed by atoms with Gasteiger partial charge in [-0.05, 0) is 36.3 Å². The molecule has 0 saturated heterocycles. The Morgan fingerprint density at radius 3 is 1.70 bits per heavy atom. The number of hydrogen-bond acceptors (Lipinski definition) is 7. The van der Waals surface area contributed by atoms with Crippen LogP contribution in [-0.4, -0.2) is 101 Å². The van der Waals surface area contributed by atoms with E-state index < -0.39 is 28.6 Å². The molecule has 0 bridgehead atoms. The summed E-state index contributed by atoms with van der Waals surface area (Å²) in [6.45, 7) is 26.0. The third kappa shape index (κ3) is 12.1. The van der Waals surface area contributed by atoms with Gasteiger partial charge in [-0.2, -0.15) is 0 Å². The van der Waals surface area contributed by atoms with Crippen LogP contribution in [0.2, 0.25) is 36.3 Å². The van der Waals surface area contributed by atoms with Crippen molar-refractivity contribution in [3.05, 3.63) is 18.2 Å². The van der Waals surface area contributed by atoms with E-state index in [0.29, 0.717) is 59.2 Å². The van der Waals surface area contributed by atoms with Gasteiger partial charge in [0.1, 0.15) is 6.04 Å². The van der Waals surface area contributed by atoms with Gasteiger partial charge in [-0.3, -0.25) is 9.69 Å². The van der Waals surface area contributed by atoms with Crippen LogP contribution in [0.5, 0.6) is 0 Å². The summed E-state index contributed by atoms with van der Waals surface area (Å²) in [6.07, 6.45) is 3.56. The molecule has 0 aliphatic rings. The molecule has 9 nitrogen and oxygen atoms in total. The molecule has 1 atom stereocenters. The number of imidazole rings is 1. The van der Waals surface area contributed by atoms with E-state index in [4.69, 9.17) is 18.3 Å². The van der Waals surface area contributed by atoms with E-state index >= 15 is 0 Å². The first-order valence-corrected chi connectivity index (χ1v) is 19.2. The maximum Gasteiger partial charge on any atom is 0.321 e. The van der Waals surface area contributed by atoms with Crippen molar-refractivity contribution in [2.45, 2.75) is 90.3 Å². The summed E-state index contributed by atoms with van der Waals surface area (Å²) in [5, 5.41) is 10.3. The monoisotopic (exact) mass is 559 g/mol. The Labute approximate surface area is 226 Å². The van der Waals surface area contributed by atoms with Crippen LogP contribution >= 0.6 is 0 Å². The molecule has 0 saturated carbocycles. The molecule has 0 fully saturated rings. The van der Waals surface area contributed by atoms with Gasteiger partial charge in [0.15, 0.2) is 16.6 Å². The topological polar surface area (TPSA) is 106 Å². The van der Waals surface area contributed by atoms with E-state index in [1.54, 1.807) is 12.5 Å². The van der Waals surface area contributed by atoms with Gasteiger partial charge in [0.2, 0.25) is 0 Å². The Hall–Kier alpha value is -1.09. The first-order valence-electron chi connectivity index (χ1n) is 13.4. The second-order valence-corrected chi connectivity index (χ2v) is 22.2. The molecule has 1 rings (SSSR count). The lowest BCUT2D eigenvalue weighted by molar-refractivity contribution is -0.144. The molecule has 0 radical (unpaired) electrons. The number of carboxylic acid groups (broad SMARTS) is 1. The highest BCUT2D eigenvalue weighted by Gasteiger charge is 2.37.